The number of alkyl halides is 6. The van der Waals surface area contributed by atoms with Crippen LogP contribution in [0.15, 0.2) is 60.8 Å². The molecule has 0 saturated carbocycles. The molecule has 2 N–H and O–H groups in total. The lowest BCUT2D eigenvalue weighted by atomic mass is 10.2. The highest BCUT2D eigenvalue weighted by atomic mass is 19.4. The summed E-state index contributed by atoms with van der Waals surface area (Å²) in [5.41, 5.74) is -0.572. The Morgan fingerprint density at radius 3 is 2.26 bits per heavy atom. The van der Waals surface area contributed by atoms with Crippen molar-refractivity contribution in [3.05, 3.63) is 77.6 Å². The van der Waals surface area contributed by atoms with E-state index in [1.54, 1.807) is 24.3 Å². The summed E-state index contributed by atoms with van der Waals surface area (Å²) in [6, 6.07) is 11.7. The normalized spacial score (nSPS) is 11.9. The Morgan fingerprint density at radius 1 is 0.935 bits per heavy atom. The van der Waals surface area contributed by atoms with Gasteiger partial charge in [-0.1, -0.05) is 18.2 Å². The van der Waals surface area contributed by atoms with Gasteiger partial charge in [-0.05, 0) is 42.0 Å². The Labute approximate surface area is 172 Å². The maximum absolute atomic E-state index is 12.7. The number of amides is 1. The van der Waals surface area contributed by atoms with E-state index in [2.05, 4.69) is 15.7 Å². The zero-order chi connectivity index (χ0) is 22.6. The number of halogens is 6. The number of nitrogens with zero attached hydrogens (tertiary/aromatic N) is 2. The molecule has 1 aromatic heterocycles. The molecule has 3 rings (SSSR count). The van der Waals surface area contributed by atoms with Gasteiger partial charge in [0, 0.05) is 18.4 Å². The van der Waals surface area contributed by atoms with Gasteiger partial charge in [-0.2, -0.15) is 31.4 Å². The third kappa shape index (κ3) is 6.00. The SMILES string of the molecule is O=C(CNc1cccc(C(F)(F)F)c1)NCc1ccc(-n2ccc(C(F)(F)F)n2)cc1. The number of aromatic nitrogens is 2. The van der Waals surface area contributed by atoms with Crippen LogP contribution in [0.1, 0.15) is 16.8 Å². The van der Waals surface area contributed by atoms with Crippen molar-refractivity contribution in [2.75, 3.05) is 11.9 Å². The third-order valence-electron chi connectivity index (χ3n) is 4.21. The summed E-state index contributed by atoms with van der Waals surface area (Å²) < 4.78 is 77.1. The van der Waals surface area contributed by atoms with Crippen molar-refractivity contribution in [1.29, 1.82) is 0 Å². The molecule has 164 valence electrons. The molecule has 0 aliphatic carbocycles. The van der Waals surface area contributed by atoms with Crippen LogP contribution in [0.25, 0.3) is 5.69 Å². The monoisotopic (exact) mass is 442 g/mol. The molecule has 0 atom stereocenters. The molecule has 1 heterocycles. The van der Waals surface area contributed by atoms with Crippen LogP contribution in [0.2, 0.25) is 0 Å². The van der Waals surface area contributed by atoms with Gasteiger partial charge in [-0.3, -0.25) is 4.79 Å². The van der Waals surface area contributed by atoms with Crippen molar-refractivity contribution < 1.29 is 31.1 Å². The lowest BCUT2D eigenvalue weighted by Gasteiger charge is -2.11. The molecule has 31 heavy (non-hydrogen) atoms. The molecule has 2 aromatic carbocycles. The van der Waals surface area contributed by atoms with E-state index in [0.717, 1.165) is 22.9 Å². The number of carbonyl (C=O) groups excluding carboxylic acids is 1. The van der Waals surface area contributed by atoms with E-state index < -0.39 is 29.5 Å². The van der Waals surface area contributed by atoms with Gasteiger partial charge in [0.25, 0.3) is 0 Å². The fraction of sp³-hybridized carbons (Fsp3) is 0.200. The minimum atomic E-state index is -4.53. The van der Waals surface area contributed by atoms with Crippen molar-refractivity contribution >= 4 is 11.6 Å². The first kappa shape index (κ1) is 22.2. The third-order valence-corrected chi connectivity index (χ3v) is 4.21. The van der Waals surface area contributed by atoms with E-state index in [-0.39, 0.29) is 18.8 Å². The smallest absolute Gasteiger partial charge is 0.376 e. The number of hydrogen-bond acceptors (Lipinski definition) is 3. The second-order valence-corrected chi connectivity index (χ2v) is 6.52. The first-order chi connectivity index (χ1) is 14.5. The minimum absolute atomic E-state index is 0.135. The Morgan fingerprint density at radius 2 is 1.65 bits per heavy atom. The van der Waals surface area contributed by atoms with Gasteiger partial charge < -0.3 is 10.6 Å². The molecular weight excluding hydrogens is 426 g/mol. The first-order valence-corrected chi connectivity index (χ1v) is 8.92. The number of nitrogens with one attached hydrogen (secondary N) is 2. The van der Waals surface area contributed by atoms with E-state index in [1.165, 1.54) is 18.3 Å². The summed E-state index contributed by atoms with van der Waals surface area (Å²) in [7, 11) is 0. The van der Waals surface area contributed by atoms with Crippen LogP contribution < -0.4 is 10.6 Å². The van der Waals surface area contributed by atoms with Gasteiger partial charge in [0.1, 0.15) is 0 Å². The van der Waals surface area contributed by atoms with Crippen LogP contribution in [0, 0.1) is 0 Å². The largest absolute Gasteiger partial charge is 0.435 e. The van der Waals surface area contributed by atoms with Crippen molar-refractivity contribution in [3.8, 4) is 5.69 Å². The van der Waals surface area contributed by atoms with Crippen LogP contribution in [0.3, 0.4) is 0 Å². The summed E-state index contributed by atoms with van der Waals surface area (Å²) in [5, 5.41) is 8.70. The maximum atomic E-state index is 12.7. The van der Waals surface area contributed by atoms with Crippen molar-refractivity contribution in [1.82, 2.24) is 15.1 Å². The topological polar surface area (TPSA) is 59.0 Å². The molecule has 3 aromatic rings. The van der Waals surface area contributed by atoms with Gasteiger partial charge in [-0.15, -0.1) is 0 Å². The summed E-state index contributed by atoms with van der Waals surface area (Å²) in [4.78, 5) is 11.9. The predicted molar refractivity (Wildman–Crippen MR) is 100 cm³/mol. The lowest BCUT2D eigenvalue weighted by molar-refractivity contribution is -0.141. The first-order valence-electron chi connectivity index (χ1n) is 8.92. The van der Waals surface area contributed by atoms with Crippen LogP contribution in [0.5, 0.6) is 0 Å². The summed E-state index contributed by atoms with van der Waals surface area (Å²) in [6.07, 6.45) is -7.81. The second-order valence-electron chi connectivity index (χ2n) is 6.52. The average Bonchev–Trinajstić information content (AvgIpc) is 3.21. The molecule has 0 bridgehead atoms. The zero-order valence-electron chi connectivity index (χ0n) is 15.8. The van der Waals surface area contributed by atoms with Crippen LogP contribution >= 0.6 is 0 Å². The predicted octanol–water partition coefficient (Wildman–Crippen LogP) is 4.64. The molecule has 0 saturated heterocycles. The molecule has 11 heteroatoms. The molecule has 0 spiro atoms. The van der Waals surface area contributed by atoms with E-state index >= 15 is 0 Å². The van der Waals surface area contributed by atoms with Gasteiger partial charge in [0.05, 0.1) is 17.8 Å². The molecule has 0 radical (unpaired) electrons. The molecule has 0 aliphatic heterocycles. The quantitative estimate of drug-likeness (QED) is 0.547. The number of rotatable bonds is 6. The van der Waals surface area contributed by atoms with Gasteiger partial charge in [-0.25, -0.2) is 4.68 Å². The van der Waals surface area contributed by atoms with E-state index in [0.29, 0.717) is 11.3 Å². The van der Waals surface area contributed by atoms with E-state index in [4.69, 9.17) is 0 Å². The number of hydrogen-bond donors (Lipinski definition) is 2. The standard InChI is InChI=1S/C20H16F6N4O/c21-19(22,23)14-2-1-3-15(10-14)27-12-18(31)28-11-13-4-6-16(7-5-13)30-9-8-17(29-30)20(24,25)26/h1-10,27H,11-12H2,(H,28,31). The number of anilines is 1. The van der Waals surface area contributed by atoms with Gasteiger partial charge in [0.15, 0.2) is 5.69 Å². The molecule has 1 amide bonds. The average molecular weight is 442 g/mol. The minimum Gasteiger partial charge on any atom is -0.376 e. The number of carbonyl (C=O) groups is 1. The highest BCUT2D eigenvalue weighted by Crippen LogP contribution is 2.30. The van der Waals surface area contributed by atoms with Crippen molar-refractivity contribution in [3.63, 3.8) is 0 Å². The fourth-order valence-corrected chi connectivity index (χ4v) is 2.64. The lowest BCUT2D eigenvalue weighted by Crippen LogP contribution is -2.29. The van der Waals surface area contributed by atoms with Crippen LogP contribution in [-0.4, -0.2) is 22.2 Å². The second kappa shape index (κ2) is 8.70. The van der Waals surface area contributed by atoms with E-state index in [1.807, 2.05) is 0 Å². The highest BCUT2D eigenvalue weighted by Gasteiger charge is 2.33. The van der Waals surface area contributed by atoms with Crippen LogP contribution in [-0.2, 0) is 23.7 Å². The fourth-order valence-electron chi connectivity index (χ4n) is 2.64. The highest BCUT2D eigenvalue weighted by molar-refractivity contribution is 5.80. The van der Waals surface area contributed by atoms with Crippen molar-refractivity contribution in [2.45, 2.75) is 18.9 Å². The number of benzene rings is 2. The summed E-state index contributed by atoms with van der Waals surface area (Å²) >= 11 is 0. The summed E-state index contributed by atoms with van der Waals surface area (Å²) in [5.74, 6) is -0.441. The Bertz CT molecular complexity index is 1040. The maximum Gasteiger partial charge on any atom is 0.435 e. The molecule has 0 unspecified atom stereocenters. The Hall–Kier alpha value is -3.50. The van der Waals surface area contributed by atoms with Gasteiger partial charge >= 0.3 is 12.4 Å². The Kier molecular flexibility index (Phi) is 6.23. The zero-order valence-corrected chi connectivity index (χ0v) is 15.8. The molecule has 0 aliphatic rings. The van der Waals surface area contributed by atoms with Gasteiger partial charge in [0.2, 0.25) is 5.91 Å². The Balaban J connectivity index is 1.51. The molecule has 0 fully saturated rings. The summed E-state index contributed by atoms with van der Waals surface area (Å²) in [6.45, 7) is -0.0941. The molecule has 5 nitrogen and oxygen atoms in total. The van der Waals surface area contributed by atoms with Crippen molar-refractivity contribution in [2.24, 2.45) is 0 Å². The van der Waals surface area contributed by atoms with Crippen LogP contribution in [0.4, 0.5) is 32.0 Å². The van der Waals surface area contributed by atoms with E-state index in [9.17, 15) is 31.1 Å². The molecular formula is C20H16F6N4O.